The summed E-state index contributed by atoms with van der Waals surface area (Å²) in [6.45, 7) is 4.93. The highest BCUT2D eigenvalue weighted by Crippen LogP contribution is 2.20. The van der Waals surface area contributed by atoms with Crippen LogP contribution in [-0.2, 0) is 14.3 Å². The number of unbranched alkanes of at least 4 members (excludes halogenated alkanes) is 61. The normalized spacial score (nSPS) is 12.7. The second-order valence-corrected chi connectivity index (χ2v) is 28.4. The van der Waals surface area contributed by atoms with Gasteiger partial charge in [0.2, 0.25) is 5.91 Å². The first-order chi connectivity index (χ1) is 45.0. The Hall–Kier alpha value is -2.18. The minimum atomic E-state index is -0.843. The van der Waals surface area contributed by atoms with Crippen molar-refractivity contribution >= 4 is 11.9 Å². The molecule has 1 amide bonds. The minimum Gasteiger partial charge on any atom is -0.466 e. The molecule has 6 nitrogen and oxygen atoms in total. The van der Waals surface area contributed by atoms with Crippen molar-refractivity contribution in [3.8, 4) is 0 Å². The molecule has 3 N–H and O–H groups in total. The van der Waals surface area contributed by atoms with E-state index in [4.69, 9.17) is 4.74 Å². The lowest BCUT2D eigenvalue weighted by molar-refractivity contribution is -0.143. The topological polar surface area (TPSA) is 95.9 Å². The van der Waals surface area contributed by atoms with Gasteiger partial charge >= 0.3 is 5.97 Å². The molecule has 0 aliphatic heterocycles. The average molecular weight is 1280 g/mol. The Morgan fingerprint density at radius 3 is 0.857 bits per heavy atom. The molecule has 2 atom stereocenters. The molecule has 0 heterocycles. The van der Waals surface area contributed by atoms with E-state index in [-0.39, 0.29) is 18.5 Å². The van der Waals surface area contributed by atoms with Gasteiger partial charge in [0.15, 0.2) is 0 Å². The summed E-state index contributed by atoms with van der Waals surface area (Å²) in [4.78, 5) is 24.7. The zero-order chi connectivity index (χ0) is 65.6. The van der Waals surface area contributed by atoms with Crippen LogP contribution in [0, 0.1) is 0 Å². The zero-order valence-corrected chi connectivity index (χ0v) is 61.6. The fraction of sp³-hybridized carbons (Fsp3) is 0.882. The van der Waals surface area contributed by atoms with Crippen molar-refractivity contribution in [2.24, 2.45) is 0 Å². The lowest BCUT2D eigenvalue weighted by atomic mass is 10.0. The third kappa shape index (κ3) is 76.7. The number of hydrogen-bond donors (Lipinski definition) is 3. The van der Waals surface area contributed by atoms with Crippen LogP contribution in [0.4, 0.5) is 0 Å². The summed E-state index contributed by atoms with van der Waals surface area (Å²) in [5.41, 5.74) is 0. The number of nitrogens with one attached hydrogen (secondary N) is 1. The summed E-state index contributed by atoms with van der Waals surface area (Å²) >= 11 is 0. The predicted octanol–water partition coefficient (Wildman–Crippen LogP) is 27.5. The predicted molar refractivity (Wildman–Crippen MR) is 402 cm³/mol. The van der Waals surface area contributed by atoms with Crippen LogP contribution in [0.1, 0.15) is 457 Å². The van der Waals surface area contributed by atoms with Gasteiger partial charge in [-0.2, -0.15) is 0 Å². The van der Waals surface area contributed by atoms with Crippen molar-refractivity contribution in [1.82, 2.24) is 5.32 Å². The first-order valence-corrected chi connectivity index (χ1v) is 41.4. The van der Waals surface area contributed by atoms with Crippen LogP contribution in [0.5, 0.6) is 0 Å². The second-order valence-electron chi connectivity index (χ2n) is 28.4. The van der Waals surface area contributed by atoms with Gasteiger partial charge in [-0.05, 0) is 89.9 Å². The Kier molecular flexibility index (Phi) is 78.3. The van der Waals surface area contributed by atoms with E-state index in [2.05, 4.69) is 55.6 Å². The molecule has 0 radical (unpaired) electrons. The van der Waals surface area contributed by atoms with Crippen LogP contribution >= 0.6 is 0 Å². The van der Waals surface area contributed by atoms with Gasteiger partial charge in [-0.15, -0.1) is 0 Å². The van der Waals surface area contributed by atoms with Gasteiger partial charge in [0.1, 0.15) is 0 Å². The zero-order valence-electron chi connectivity index (χ0n) is 61.6. The summed E-state index contributed by atoms with van der Waals surface area (Å²) < 4.78 is 5.51. The van der Waals surface area contributed by atoms with Gasteiger partial charge in [0, 0.05) is 12.8 Å². The first-order valence-electron chi connectivity index (χ1n) is 41.4. The molecule has 0 bridgehead atoms. The average Bonchev–Trinajstić information content (AvgIpc) is 3.65. The molecule has 0 saturated carbocycles. The molecule has 0 spiro atoms. The number of aliphatic hydroxyl groups is 2. The molecule has 0 rings (SSSR count). The van der Waals surface area contributed by atoms with Crippen molar-refractivity contribution in [3.63, 3.8) is 0 Å². The smallest absolute Gasteiger partial charge is 0.305 e. The molecule has 0 fully saturated rings. The Morgan fingerprint density at radius 2 is 0.549 bits per heavy atom. The number of carbonyl (C=O) groups is 2. The summed E-state index contributed by atoms with van der Waals surface area (Å²) in [6, 6.07) is -0.626. The number of ether oxygens (including phenoxy) is 1. The number of allylic oxidation sites excluding steroid dienone is 7. The molecule has 0 aliphatic rings. The third-order valence-corrected chi connectivity index (χ3v) is 19.3. The van der Waals surface area contributed by atoms with Crippen LogP contribution in [0.15, 0.2) is 48.6 Å². The molecule has 91 heavy (non-hydrogen) atoms. The highest BCUT2D eigenvalue weighted by atomic mass is 16.5. The van der Waals surface area contributed by atoms with Crippen LogP contribution in [0.3, 0.4) is 0 Å². The van der Waals surface area contributed by atoms with Crippen LogP contribution in [0.25, 0.3) is 0 Å². The van der Waals surface area contributed by atoms with Gasteiger partial charge < -0.3 is 20.3 Å². The molecule has 2 unspecified atom stereocenters. The molecule has 536 valence electrons. The van der Waals surface area contributed by atoms with E-state index in [9.17, 15) is 19.8 Å². The van der Waals surface area contributed by atoms with Crippen molar-refractivity contribution in [2.45, 2.75) is 469 Å². The van der Waals surface area contributed by atoms with Crippen LogP contribution < -0.4 is 5.32 Å². The van der Waals surface area contributed by atoms with Gasteiger partial charge in [0.25, 0.3) is 0 Å². The number of carbonyl (C=O) groups excluding carboxylic acids is 2. The highest BCUT2D eigenvalue weighted by Gasteiger charge is 2.18. The summed E-state index contributed by atoms with van der Waals surface area (Å²) in [6.07, 6.45) is 107. The van der Waals surface area contributed by atoms with E-state index in [0.29, 0.717) is 19.4 Å². The number of amides is 1. The molecule has 0 aromatic carbocycles. The Labute approximate surface area is 569 Å². The summed E-state index contributed by atoms with van der Waals surface area (Å²) in [5, 5.41) is 23.3. The quantitative estimate of drug-likeness (QED) is 0.0320. The van der Waals surface area contributed by atoms with E-state index in [1.807, 2.05) is 6.08 Å². The first kappa shape index (κ1) is 88.8. The fourth-order valence-electron chi connectivity index (χ4n) is 13.0. The molecule has 0 aromatic rings. The maximum absolute atomic E-state index is 12.5. The minimum absolute atomic E-state index is 0.0144. The van der Waals surface area contributed by atoms with Gasteiger partial charge in [-0.3, -0.25) is 9.59 Å². The maximum atomic E-state index is 12.5. The molecule has 0 aromatic heterocycles. The second kappa shape index (κ2) is 80.3. The Balaban J connectivity index is 3.35. The van der Waals surface area contributed by atoms with E-state index in [0.717, 1.165) is 51.4 Å². The largest absolute Gasteiger partial charge is 0.466 e. The van der Waals surface area contributed by atoms with Crippen molar-refractivity contribution in [1.29, 1.82) is 0 Å². The van der Waals surface area contributed by atoms with Crippen LogP contribution in [-0.4, -0.2) is 47.4 Å². The van der Waals surface area contributed by atoms with Crippen LogP contribution in [0.2, 0.25) is 0 Å². The molecule has 0 saturated heterocycles. The standard InChI is InChI=1S/C85H161NO5/c1-3-5-7-9-11-13-15-17-19-21-42-45-49-53-57-61-65-69-73-77-83(88)82(81-87)86-84(89)78-74-70-66-62-58-54-50-46-43-40-38-36-34-32-30-28-26-24-23-25-27-29-31-33-35-37-39-41-44-48-52-56-60-64-68-72-76-80-91-85(90)79-75-71-67-63-59-55-51-47-22-20-18-16-14-12-10-8-6-4-2/h14,16,20,22-23,25,73,77,82-83,87-88H,3-13,15,17-19,21,24,26-72,74-76,78-81H2,1-2H3,(H,86,89)/b16-14-,22-20-,25-23-,77-73+. The van der Waals surface area contributed by atoms with Gasteiger partial charge in [0.05, 0.1) is 25.4 Å². The van der Waals surface area contributed by atoms with Gasteiger partial charge in [-0.25, -0.2) is 0 Å². The van der Waals surface area contributed by atoms with E-state index in [1.165, 1.54) is 379 Å². The highest BCUT2D eigenvalue weighted by molar-refractivity contribution is 5.76. The Bertz CT molecular complexity index is 1520. The van der Waals surface area contributed by atoms with Crippen molar-refractivity contribution in [3.05, 3.63) is 48.6 Å². The van der Waals surface area contributed by atoms with Gasteiger partial charge in [-0.1, -0.05) is 403 Å². The van der Waals surface area contributed by atoms with Crippen molar-refractivity contribution < 1.29 is 24.5 Å². The lowest BCUT2D eigenvalue weighted by Gasteiger charge is -2.20. The maximum Gasteiger partial charge on any atom is 0.305 e. The van der Waals surface area contributed by atoms with E-state index >= 15 is 0 Å². The molecule has 6 heteroatoms. The van der Waals surface area contributed by atoms with Crippen molar-refractivity contribution in [2.75, 3.05) is 13.2 Å². The fourth-order valence-corrected chi connectivity index (χ4v) is 13.0. The summed E-state index contributed by atoms with van der Waals surface area (Å²) in [5.74, 6) is -0.0456. The molecular formula is C85H161NO5. The lowest BCUT2D eigenvalue weighted by Crippen LogP contribution is -2.45. The monoisotopic (exact) mass is 1280 g/mol. The number of hydrogen-bond acceptors (Lipinski definition) is 5. The number of aliphatic hydroxyl groups excluding tert-OH is 2. The third-order valence-electron chi connectivity index (χ3n) is 19.3. The summed E-state index contributed by atoms with van der Waals surface area (Å²) in [7, 11) is 0. The molecular weight excluding hydrogens is 1110 g/mol. The SMILES string of the molecule is CCCCCC/C=C\C/C=C\CCCCCCCCCC(=O)OCCCCCCCCCCCCCCCCCC/C=C\CCCCCCCCCCCCCCCCCCCC(=O)NC(CO)C(O)/C=C/CCCCCCCCCCCCCCCCCCC. The van der Waals surface area contributed by atoms with E-state index < -0.39 is 12.1 Å². The number of rotatable bonds is 78. The number of esters is 1. The molecule has 0 aliphatic carbocycles. The van der Waals surface area contributed by atoms with E-state index in [1.54, 1.807) is 6.08 Å². The Morgan fingerprint density at radius 1 is 0.308 bits per heavy atom.